The number of hydrogen-bond donors (Lipinski definition) is 0. The number of halogens is 1. The molecular formula is C12H21ClO. The van der Waals surface area contributed by atoms with Crippen LogP contribution in [0.4, 0.5) is 0 Å². The summed E-state index contributed by atoms with van der Waals surface area (Å²) in [5.41, 5.74) is 0. The highest BCUT2D eigenvalue weighted by atomic mass is 35.5. The molecule has 0 aliphatic carbocycles. The number of para-hydroxylation sites is 1. The maximum Gasteiger partial charge on any atom is 0.119 e. The molecule has 14 heavy (non-hydrogen) atoms. The minimum atomic E-state index is 0.266. The molecular weight excluding hydrogens is 196 g/mol. The van der Waals surface area contributed by atoms with Gasteiger partial charge >= 0.3 is 0 Å². The lowest BCUT2D eigenvalue weighted by Gasteiger charge is -2.07. The van der Waals surface area contributed by atoms with Crippen LogP contribution >= 0.6 is 11.6 Å². The molecule has 2 heteroatoms. The first-order chi connectivity index (χ1) is 6.79. The van der Waals surface area contributed by atoms with Crippen molar-refractivity contribution in [2.75, 3.05) is 6.38 Å². The van der Waals surface area contributed by atoms with E-state index < -0.39 is 0 Å². The maximum atomic E-state index is 5.41. The molecule has 0 unspecified atom stereocenters. The van der Waals surface area contributed by atoms with Gasteiger partial charge in [0.2, 0.25) is 0 Å². The van der Waals surface area contributed by atoms with E-state index in [1.807, 2.05) is 58.0 Å². The van der Waals surface area contributed by atoms with Crippen molar-refractivity contribution in [3.05, 3.63) is 30.3 Å². The molecule has 0 saturated carbocycles. The first kappa shape index (κ1) is 15.8. The topological polar surface area (TPSA) is 9.23 Å². The third-order valence-electron chi connectivity index (χ3n) is 1.11. The Morgan fingerprint density at radius 2 is 1.43 bits per heavy atom. The van der Waals surface area contributed by atoms with Crippen LogP contribution in [0.15, 0.2) is 30.3 Å². The summed E-state index contributed by atoms with van der Waals surface area (Å²) in [4.78, 5) is 0. The van der Waals surface area contributed by atoms with Gasteiger partial charge in [-0.1, -0.05) is 32.0 Å². The summed E-state index contributed by atoms with van der Waals surface area (Å²) in [5.74, 6) is 0.942. The van der Waals surface area contributed by atoms with E-state index in [1.165, 1.54) is 6.38 Å². The van der Waals surface area contributed by atoms with E-state index >= 15 is 0 Å². The van der Waals surface area contributed by atoms with Crippen LogP contribution in [0.25, 0.3) is 0 Å². The number of ether oxygens (including phenoxy) is 1. The highest BCUT2D eigenvalue weighted by Crippen LogP contribution is 2.09. The molecule has 1 aromatic carbocycles. The summed E-state index contributed by atoms with van der Waals surface area (Å²) in [7, 11) is 0. The summed E-state index contributed by atoms with van der Waals surface area (Å²) < 4.78 is 5.41. The lowest BCUT2D eigenvalue weighted by molar-refractivity contribution is 0.242. The summed E-state index contributed by atoms with van der Waals surface area (Å²) in [6.45, 7) is 8.04. The number of rotatable bonds is 2. The average molecular weight is 217 g/mol. The van der Waals surface area contributed by atoms with Crippen LogP contribution in [-0.4, -0.2) is 12.5 Å². The largest absolute Gasteiger partial charge is 0.491 e. The van der Waals surface area contributed by atoms with Gasteiger partial charge in [0, 0.05) is 6.38 Å². The molecule has 0 aliphatic rings. The molecule has 0 bridgehead atoms. The molecule has 0 heterocycles. The van der Waals surface area contributed by atoms with Crippen LogP contribution < -0.4 is 4.74 Å². The third-order valence-corrected chi connectivity index (χ3v) is 1.11. The Labute approximate surface area is 93.0 Å². The van der Waals surface area contributed by atoms with Gasteiger partial charge in [0.05, 0.1) is 6.10 Å². The molecule has 0 N–H and O–H groups in total. The molecule has 0 fully saturated rings. The quantitative estimate of drug-likeness (QED) is 0.668. The molecule has 0 aromatic heterocycles. The van der Waals surface area contributed by atoms with E-state index in [4.69, 9.17) is 4.74 Å². The first-order valence-corrected chi connectivity index (χ1v) is 5.64. The van der Waals surface area contributed by atoms with Crippen LogP contribution in [0.5, 0.6) is 5.75 Å². The minimum absolute atomic E-state index is 0.266. The second-order valence-electron chi connectivity index (χ2n) is 2.48. The van der Waals surface area contributed by atoms with Crippen LogP contribution in [0.3, 0.4) is 0 Å². The van der Waals surface area contributed by atoms with Crippen LogP contribution in [-0.2, 0) is 0 Å². The monoisotopic (exact) mass is 216 g/mol. The minimum Gasteiger partial charge on any atom is -0.491 e. The zero-order chi connectivity index (χ0) is 11.4. The second kappa shape index (κ2) is 12.3. The standard InChI is InChI=1S/C9H12O.C2H6.CH3Cl/c1-8(2)10-9-6-4-3-5-7-9;2*1-2/h3-8H,1-2H3;1-2H3;1H3. The van der Waals surface area contributed by atoms with Gasteiger partial charge in [0.25, 0.3) is 0 Å². The van der Waals surface area contributed by atoms with Crippen molar-refractivity contribution in [3.63, 3.8) is 0 Å². The number of alkyl halides is 1. The Kier molecular flexibility index (Phi) is 13.9. The average Bonchev–Trinajstić information content (AvgIpc) is 2.24. The van der Waals surface area contributed by atoms with Gasteiger partial charge < -0.3 is 4.74 Å². The highest BCUT2D eigenvalue weighted by Gasteiger charge is 1.92. The SMILES string of the molecule is CC.CC(C)Oc1ccccc1.CCl. The fourth-order valence-corrected chi connectivity index (χ4v) is 0.771. The Morgan fingerprint density at radius 3 is 1.79 bits per heavy atom. The van der Waals surface area contributed by atoms with Crippen molar-refractivity contribution in [2.24, 2.45) is 0 Å². The maximum absolute atomic E-state index is 5.41. The molecule has 0 atom stereocenters. The van der Waals surface area contributed by atoms with Crippen molar-refractivity contribution in [1.82, 2.24) is 0 Å². The summed E-state index contributed by atoms with van der Waals surface area (Å²) in [5, 5.41) is 0. The number of benzene rings is 1. The Bertz CT molecular complexity index is 185. The Hall–Kier alpha value is -0.690. The molecule has 1 rings (SSSR count). The van der Waals surface area contributed by atoms with Gasteiger partial charge in [-0.25, -0.2) is 0 Å². The second-order valence-corrected chi connectivity index (χ2v) is 2.48. The summed E-state index contributed by atoms with van der Waals surface area (Å²) >= 11 is 4.64. The fraction of sp³-hybridized carbons (Fsp3) is 0.500. The predicted molar refractivity (Wildman–Crippen MR) is 65.3 cm³/mol. The molecule has 0 spiro atoms. The lowest BCUT2D eigenvalue weighted by atomic mass is 10.3. The highest BCUT2D eigenvalue weighted by molar-refractivity contribution is 6.15. The molecule has 0 saturated heterocycles. The zero-order valence-electron chi connectivity index (χ0n) is 9.75. The van der Waals surface area contributed by atoms with Crippen molar-refractivity contribution < 1.29 is 4.74 Å². The van der Waals surface area contributed by atoms with E-state index in [-0.39, 0.29) is 6.10 Å². The predicted octanol–water partition coefficient (Wildman–Crippen LogP) is 4.36. The molecule has 0 aliphatic heterocycles. The normalized spacial score (nSPS) is 7.93. The Balaban J connectivity index is 0. The van der Waals surface area contributed by atoms with E-state index in [2.05, 4.69) is 11.6 Å². The van der Waals surface area contributed by atoms with Crippen LogP contribution in [0.2, 0.25) is 0 Å². The molecule has 0 amide bonds. The van der Waals surface area contributed by atoms with Crippen molar-refractivity contribution in [2.45, 2.75) is 33.8 Å². The third kappa shape index (κ3) is 9.40. The van der Waals surface area contributed by atoms with Crippen molar-refractivity contribution in [1.29, 1.82) is 0 Å². The van der Waals surface area contributed by atoms with Crippen molar-refractivity contribution >= 4 is 11.6 Å². The first-order valence-electron chi connectivity index (χ1n) is 4.88. The van der Waals surface area contributed by atoms with Crippen LogP contribution in [0.1, 0.15) is 27.7 Å². The van der Waals surface area contributed by atoms with Gasteiger partial charge in [-0.2, -0.15) is 0 Å². The number of hydrogen-bond acceptors (Lipinski definition) is 1. The zero-order valence-corrected chi connectivity index (χ0v) is 10.5. The lowest BCUT2D eigenvalue weighted by Crippen LogP contribution is -2.04. The van der Waals surface area contributed by atoms with E-state index in [0.717, 1.165) is 5.75 Å². The van der Waals surface area contributed by atoms with Gasteiger partial charge in [0.1, 0.15) is 5.75 Å². The van der Waals surface area contributed by atoms with Gasteiger partial charge in [-0.3, -0.25) is 0 Å². The molecule has 0 radical (unpaired) electrons. The van der Waals surface area contributed by atoms with E-state index in [9.17, 15) is 0 Å². The molecule has 1 nitrogen and oxygen atoms in total. The van der Waals surface area contributed by atoms with Crippen molar-refractivity contribution in [3.8, 4) is 5.75 Å². The van der Waals surface area contributed by atoms with Gasteiger partial charge in [0.15, 0.2) is 0 Å². The van der Waals surface area contributed by atoms with Gasteiger partial charge in [-0.15, -0.1) is 11.6 Å². The summed E-state index contributed by atoms with van der Waals surface area (Å²) in [6.07, 6.45) is 1.74. The summed E-state index contributed by atoms with van der Waals surface area (Å²) in [6, 6.07) is 9.84. The van der Waals surface area contributed by atoms with Gasteiger partial charge in [-0.05, 0) is 26.0 Å². The van der Waals surface area contributed by atoms with Crippen LogP contribution in [0, 0.1) is 0 Å². The van der Waals surface area contributed by atoms with E-state index in [1.54, 1.807) is 0 Å². The van der Waals surface area contributed by atoms with E-state index in [0.29, 0.717) is 0 Å². The molecule has 82 valence electrons. The Morgan fingerprint density at radius 1 is 1.00 bits per heavy atom. The smallest absolute Gasteiger partial charge is 0.119 e. The molecule has 1 aromatic rings. The fourth-order valence-electron chi connectivity index (χ4n) is 0.771.